The fraction of sp³-hybridized carbons (Fsp3) is 0.120. The molecular weight excluding hydrogens is 414 g/mol. The molecule has 3 aromatic rings. The Bertz CT molecular complexity index is 1220. The molecule has 1 unspecified atom stereocenters. The van der Waals surface area contributed by atoms with Crippen LogP contribution in [0.3, 0.4) is 0 Å². The van der Waals surface area contributed by atoms with E-state index in [4.69, 9.17) is 16.3 Å². The summed E-state index contributed by atoms with van der Waals surface area (Å²) in [6.45, 7) is 1.90. The lowest BCUT2D eigenvalue weighted by atomic mass is 9.92. The summed E-state index contributed by atoms with van der Waals surface area (Å²) in [7, 11) is 1.53. The van der Waals surface area contributed by atoms with Gasteiger partial charge in [-0.15, -0.1) is 0 Å². The van der Waals surface area contributed by atoms with Crippen LogP contribution in [0.5, 0.6) is 5.75 Å². The maximum Gasteiger partial charge on any atom is 0.300 e. The standard InChI is InChI=1S/C25H20ClNO4/c1-15-7-3-4-12-20(15)22-21(23(28)16-8-5-9-17(26)13-16)24(29)25(30)27(22)18-10-6-11-19(14-18)31-2/h3-14,22,28H,1-2H3/b23-21+. The van der Waals surface area contributed by atoms with Crippen molar-refractivity contribution in [1.82, 2.24) is 0 Å². The molecule has 1 aliphatic rings. The molecule has 1 fully saturated rings. The lowest BCUT2D eigenvalue weighted by Gasteiger charge is -2.27. The molecule has 1 saturated heterocycles. The molecular formula is C25H20ClNO4. The van der Waals surface area contributed by atoms with Gasteiger partial charge in [0.25, 0.3) is 11.7 Å². The Kier molecular flexibility index (Phi) is 5.53. The lowest BCUT2D eigenvalue weighted by Crippen LogP contribution is -2.29. The van der Waals surface area contributed by atoms with Crippen LogP contribution in [0, 0.1) is 6.92 Å². The zero-order chi connectivity index (χ0) is 22.1. The molecule has 3 aromatic carbocycles. The van der Waals surface area contributed by atoms with Gasteiger partial charge in [-0.3, -0.25) is 14.5 Å². The van der Waals surface area contributed by atoms with Crippen molar-refractivity contribution in [3.8, 4) is 5.75 Å². The fourth-order valence-corrected chi connectivity index (χ4v) is 4.03. The largest absolute Gasteiger partial charge is 0.507 e. The number of ether oxygens (including phenoxy) is 1. The topological polar surface area (TPSA) is 66.8 Å². The van der Waals surface area contributed by atoms with E-state index < -0.39 is 17.7 Å². The first-order valence-electron chi connectivity index (χ1n) is 9.69. The van der Waals surface area contributed by atoms with Crippen LogP contribution in [0.4, 0.5) is 5.69 Å². The minimum Gasteiger partial charge on any atom is -0.507 e. The summed E-state index contributed by atoms with van der Waals surface area (Å²) in [5.41, 5.74) is 2.52. The van der Waals surface area contributed by atoms with Gasteiger partial charge in [-0.05, 0) is 42.3 Å². The number of ketones is 1. The Balaban J connectivity index is 1.98. The molecule has 0 spiro atoms. The Hall–Kier alpha value is -3.57. The van der Waals surface area contributed by atoms with Gasteiger partial charge in [0.15, 0.2) is 0 Å². The van der Waals surface area contributed by atoms with Crippen LogP contribution in [0.25, 0.3) is 5.76 Å². The summed E-state index contributed by atoms with van der Waals surface area (Å²) in [6.07, 6.45) is 0. The highest BCUT2D eigenvalue weighted by molar-refractivity contribution is 6.51. The Labute approximate surface area is 185 Å². The third-order valence-electron chi connectivity index (χ3n) is 5.36. The normalized spacial score (nSPS) is 17.8. The molecule has 6 heteroatoms. The quantitative estimate of drug-likeness (QED) is 0.345. The zero-order valence-corrected chi connectivity index (χ0v) is 17.8. The minimum atomic E-state index is -0.799. The highest BCUT2D eigenvalue weighted by Gasteiger charge is 2.47. The smallest absolute Gasteiger partial charge is 0.300 e. The Morgan fingerprint density at radius 3 is 2.45 bits per heavy atom. The van der Waals surface area contributed by atoms with Crippen LogP contribution < -0.4 is 9.64 Å². The highest BCUT2D eigenvalue weighted by atomic mass is 35.5. The third kappa shape index (κ3) is 3.68. The number of amides is 1. The van der Waals surface area contributed by atoms with Crippen molar-refractivity contribution in [2.24, 2.45) is 0 Å². The molecule has 0 aliphatic carbocycles. The third-order valence-corrected chi connectivity index (χ3v) is 5.59. The fourth-order valence-electron chi connectivity index (χ4n) is 3.84. The van der Waals surface area contributed by atoms with Crippen molar-refractivity contribution in [2.75, 3.05) is 12.0 Å². The van der Waals surface area contributed by atoms with E-state index in [0.29, 0.717) is 22.0 Å². The van der Waals surface area contributed by atoms with Crippen molar-refractivity contribution >= 4 is 34.7 Å². The summed E-state index contributed by atoms with van der Waals surface area (Å²) in [5, 5.41) is 11.5. The van der Waals surface area contributed by atoms with Gasteiger partial charge >= 0.3 is 0 Å². The van der Waals surface area contributed by atoms with Gasteiger partial charge in [0.05, 0.1) is 18.7 Å². The van der Waals surface area contributed by atoms with E-state index in [0.717, 1.165) is 11.1 Å². The number of carbonyl (C=O) groups is 2. The molecule has 156 valence electrons. The van der Waals surface area contributed by atoms with Crippen molar-refractivity contribution in [3.05, 3.63) is 100 Å². The monoisotopic (exact) mass is 433 g/mol. The second-order valence-electron chi connectivity index (χ2n) is 7.24. The summed E-state index contributed by atoms with van der Waals surface area (Å²) in [5.74, 6) is -1.18. The van der Waals surface area contributed by atoms with Crippen LogP contribution in [-0.2, 0) is 9.59 Å². The number of Topliss-reactive ketones (excluding diaryl/α,β-unsaturated/α-hetero) is 1. The number of anilines is 1. The van der Waals surface area contributed by atoms with Crippen molar-refractivity contribution in [3.63, 3.8) is 0 Å². The lowest BCUT2D eigenvalue weighted by molar-refractivity contribution is -0.132. The molecule has 0 aromatic heterocycles. The predicted octanol–water partition coefficient (Wildman–Crippen LogP) is 5.28. The highest BCUT2D eigenvalue weighted by Crippen LogP contribution is 2.43. The van der Waals surface area contributed by atoms with Gasteiger partial charge in [-0.25, -0.2) is 0 Å². The molecule has 1 aliphatic heterocycles. The average Bonchev–Trinajstić information content (AvgIpc) is 3.04. The summed E-state index contributed by atoms with van der Waals surface area (Å²) < 4.78 is 5.30. The van der Waals surface area contributed by atoms with E-state index in [-0.39, 0.29) is 11.3 Å². The van der Waals surface area contributed by atoms with E-state index in [1.807, 2.05) is 31.2 Å². The maximum atomic E-state index is 13.2. The summed E-state index contributed by atoms with van der Waals surface area (Å²) in [6, 6.07) is 20.2. The number of rotatable bonds is 4. The first kappa shape index (κ1) is 20.7. The number of hydrogen-bond donors (Lipinski definition) is 1. The average molecular weight is 434 g/mol. The molecule has 4 rings (SSSR count). The van der Waals surface area contributed by atoms with Crippen LogP contribution >= 0.6 is 11.6 Å². The van der Waals surface area contributed by atoms with E-state index in [1.54, 1.807) is 48.5 Å². The number of carbonyl (C=O) groups excluding carboxylic acids is 2. The Morgan fingerprint density at radius 2 is 1.74 bits per heavy atom. The minimum absolute atomic E-state index is 0.0180. The number of benzene rings is 3. The van der Waals surface area contributed by atoms with Gasteiger partial charge in [0, 0.05) is 22.3 Å². The molecule has 1 atom stereocenters. The number of hydrogen-bond acceptors (Lipinski definition) is 4. The van der Waals surface area contributed by atoms with Crippen molar-refractivity contribution < 1.29 is 19.4 Å². The van der Waals surface area contributed by atoms with Crippen LogP contribution in [0.15, 0.2) is 78.4 Å². The first-order valence-corrected chi connectivity index (χ1v) is 10.1. The van der Waals surface area contributed by atoms with Gasteiger partial charge in [-0.1, -0.05) is 54.1 Å². The number of methoxy groups -OCH3 is 1. The second-order valence-corrected chi connectivity index (χ2v) is 7.67. The van der Waals surface area contributed by atoms with E-state index in [9.17, 15) is 14.7 Å². The van der Waals surface area contributed by atoms with Crippen molar-refractivity contribution in [2.45, 2.75) is 13.0 Å². The van der Waals surface area contributed by atoms with Gasteiger partial charge in [0.2, 0.25) is 0 Å². The van der Waals surface area contributed by atoms with Gasteiger partial charge < -0.3 is 9.84 Å². The summed E-state index contributed by atoms with van der Waals surface area (Å²) in [4.78, 5) is 27.7. The number of aliphatic hydroxyl groups is 1. The molecule has 0 saturated carbocycles. The van der Waals surface area contributed by atoms with Gasteiger partial charge in [0.1, 0.15) is 11.5 Å². The predicted molar refractivity (Wildman–Crippen MR) is 120 cm³/mol. The SMILES string of the molecule is COc1cccc(N2C(=O)C(=O)/C(=C(/O)c3cccc(Cl)c3)C2c2ccccc2C)c1. The summed E-state index contributed by atoms with van der Waals surface area (Å²) >= 11 is 6.09. The van der Waals surface area contributed by atoms with Gasteiger partial charge in [-0.2, -0.15) is 0 Å². The number of nitrogens with zero attached hydrogens (tertiary/aromatic N) is 1. The molecule has 1 heterocycles. The number of aliphatic hydroxyl groups excluding tert-OH is 1. The maximum absolute atomic E-state index is 13.2. The molecule has 0 radical (unpaired) electrons. The molecule has 0 bridgehead atoms. The van der Waals surface area contributed by atoms with Crippen LogP contribution in [0.2, 0.25) is 5.02 Å². The van der Waals surface area contributed by atoms with Crippen LogP contribution in [0.1, 0.15) is 22.7 Å². The van der Waals surface area contributed by atoms with Crippen LogP contribution in [-0.4, -0.2) is 23.9 Å². The molecule has 1 N–H and O–H groups in total. The molecule has 31 heavy (non-hydrogen) atoms. The van der Waals surface area contributed by atoms with E-state index in [1.165, 1.54) is 12.0 Å². The molecule has 5 nitrogen and oxygen atoms in total. The Morgan fingerprint density at radius 1 is 1.00 bits per heavy atom. The first-order chi connectivity index (χ1) is 14.9. The second kappa shape index (κ2) is 8.28. The van der Waals surface area contributed by atoms with E-state index in [2.05, 4.69) is 0 Å². The van der Waals surface area contributed by atoms with E-state index >= 15 is 0 Å². The van der Waals surface area contributed by atoms with Crippen molar-refractivity contribution in [1.29, 1.82) is 0 Å². The number of halogens is 1. The number of aryl methyl sites for hydroxylation is 1. The zero-order valence-electron chi connectivity index (χ0n) is 17.0. The molecule has 1 amide bonds.